The molecule has 6 rings (SSSR count). The highest BCUT2D eigenvalue weighted by atomic mass is 16.7. The summed E-state index contributed by atoms with van der Waals surface area (Å²) in [5, 5.41) is 0. The van der Waals surface area contributed by atoms with Crippen LogP contribution in [0.1, 0.15) is 58.7 Å². The Balaban J connectivity index is 1.00. The molecule has 2 fully saturated rings. The topological polar surface area (TPSA) is 89.5 Å². The van der Waals surface area contributed by atoms with Crippen LogP contribution >= 0.6 is 0 Å². The second kappa shape index (κ2) is 10.1. The Labute approximate surface area is 214 Å². The van der Waals surface area contributed by atoms with E-state index in [9.17, 15) is 0 Å². The average molecular weight is 505 g/mol. The van der Waals surface area contributed by atoms with Gasteiger partial charge in [-0.15, -0.1) is 0 Å². The molecule has 0 aromatic carbocycles. The first-order valence-corrected chi connectivity index (χ1v) is 12.2. The summed E-state index contributed by atoms with van der Waals surface area (Å²) in [6.07, 6.45) is 6.27. The lowest BCUT2D eigenvalue weighted by molar-refractivity contribution is -0.312. The maximum absolute atomic E-state index is 6.00. The Bertz CT molecular complexity index is 1270. The number of hydrogen-bond acceptors (Lipinski definition) is 8. The predicted octanol–water partition coefficient (Wildman–Crippen LogP) is 6.79. The molecule has 0 radical (unpaired) electrons. The molecule has 8 heteroatoms. The predicted molar refractivity (Wildman–Crippen MR) is 134 cm³/mol. The molecule has 192 valence electrons. The van der Waals surface area contributed by atoms with Crippen LogP contribution in [-0.4, -0.2) is 26.4 Å². The van der Waals surface area contributed by atoms with Gasteiger partial charge >= 0.3 is 0 Å². The fourth-order valence-corrected chi connectivity index (χ4v) is 4.27. The van der Waals surface area contributed by atoms with E-state index in [-0.39, 0.29) is 5.41 Å². The molecule has 0 amide bonds. The van der Waals surface area contributed by atoms with Gasteiger partial charge in [0.2, 0.25) is 12.6 Å². The van der Waals surface area contributed by atoms with E-state index in [1.807, 2.05) is 86.7 Å². The second-order valence-electron chi connectivity index (χ2n) is 9.45. The maximum Gasteiger partial charge on any atom is 0.217 e. The fraction of sp³-hybridized carbons (Fsp3) is 0.310. The standard InChI is InChI=1S/C29H28O8/c1-19-3-5-21(34-19)7-9-23-11-13-25(36-23)27-30-15-29(16-31-27)17-32-28(33-18-29)26-14-12-24(37-26)10-8-22-6-4-20(2)35-22/h3-14,27-28H,15-18H2,1-2H3/b9-7+,10-8+. The molecule has 0 saturated carbocycles. The molecular weight excluding hydrogens is 476 g/mol. The third-order valence-corrected chi connectivity index (χ3v) is 6.27. The van der Waals surface area contributed by atoms with Crippen LogP contribution in [0, 0.1) is 19.3 Å². The van der Waals surface area contributed by atoms with Gasteiger partial charge in [-0.3, -0.25) is 0 Å². The molecule has 0 bridgehead atoms. The molecule has 0 atom stereocenters. The molecule has 4 aromatic heterocycles. The van der Waals surface area contributed by atoms with Gasteiger partial charge in [0.05, 0.1) is 31.8 Å². The number of hydrogen-bond donors (Lipinski definition) is 0. The molecular formula is C29H28O8. The van der Waals surface area contributed by atoms with E-state index in [1.54, 1.807) is 0 Å². The van der Waals surface area contributed by atoms with E-state index in [2.05, 4.69) is 0 Å². The number of rotatable bonds is 6. The van der Waals surface area contributed by atoms with Crippen molar-refractivity contribution in [2.75, 3.05) is 26.4 Å². The smallest absolute Gasteiger partial charge is 0.217 e. The van der Waals surface area contributed by atoms with Crippen LogP contribution in [0.4, 0.5) is 0 Å². The molecule has 0 aliphatic carbocycles. The Kier molecular flexibility index (Phi) is 6.48. The van der Waals surface area contributed by atoms with Gasteiger partial charge < -0.3 is 36.6 Å². The van der Waals surface area contributed by atoms with Crippen LogP contribution in [-0.2, 0) is 18.9 Å². The monoisotopic (exact) mass is 504 g/mol. The first-order chi connectivity index (χ1) is 18.0. The van der Waals surface area contributed by atoms with Gasteiger partial charge in [-0.2, -0.15) is 0 Å². The molecule has 37 heavy (non-hydrogen) atoms. The van der Waals surface area contributed by atoms with Gasteiger partial charge in [-0.1, -0.05) is 0 Å². The van der Waals surface area contributed by atoms with E-state index in [0.717, 1.165) is 23.0 Å². The number of aryl methyl sites for hydroxylation is 2. The highest BCUT2D eigenvalue weighted by Crippen LogP contribution is 2.39. The van der Waals surface area contributed by atoms with Crippen molar-refractivity contribution < 1.29 is 36.6 Å². The SMILES string of the molecule is Cc1ccc(/C=C/c2ccc(C3OCC4(CO3)COC(c3ccc(/C=C/c5ccc(C)o5)o3)OC4)o2)o1. The van der Waals surface area contributed by atoms with Crippen molar-refractivity contribution in [1.82, 2.24) is 0 Å². The average Bonchev–Trinajstić information content (AvgIpc) is 3.71. The Morgan fingerprint density at radius 1 is 0.514 bits per heavy atom. The van der Waals surface area contributed by atoms with Crippen molar-refractivity contribution in [3.8, 4) is 0 Å². The van der Waals surface area contributed by atoms with Crippen LogP contribution < -0.4 is 0 Å². The minimum absolute atomic E-state index is 0.383. The van der Waals surface area contributed by atoms with Crippen LogP contribution in [0.25, 0.3) is 24.3 Å². The van der Waals surface area contributed by atoms with Gasteiger partial charge in [0.1, 0.15) is 34.6 Å². The third-order valence-electron chi connectivity index (χ3n) is 6.27. The lowest BCUT2D eigenvalue weighted by atomic mass is 9.90. The summed E-state index contributed by atoms with van der Waals surface area (Å²) in [5.41, 5.74) is -0.383. The van der Waals surface area contributed by atoms with Gasteiger partial charge in [-0.25, -0.2) is 0 Å². The molecule has 6 heterocycles. The third kappa shape index (κ3) is 5.42. The van der Waals surface area contributed by atoms with Crippen molar-refractivity contribution in [1.29, 1.82) is 0 Å². The molecule has 0 unspecified atom stereocenters. The zero-order valence-electron chi connectivity index (χ0n) is 20.7. The van der Waals surface area contributed by atoms with Crippen molar-refractivity contribution in [2.24, 2.45) is 5.41 Å². The Hall–Kier alpha value is -3.56. The summed E-state index contributed by atoms with van der Waals surface area (Å²) in [6, 6.07) is 15.1. The fourth-order valence-electron chi connectivity index (χ4n) is 4.27. The highest BCUT2D eigenvalue weighted by Gasteiger charge is 2.43. The Morgan fingerprint density at radius 3 is 1.22 bits per heavy atom. The number of ether oxygens (including phenoxy) is 4. The summed E-state index contributed by atoms with van der Waals surface area (Å²) < 4.78 is 46.9. The lowest BCUT2D eigenvalue weighted by Crippen LogP contribution is -2.49. The van der Waals surface area contributed by atoms with Crippen LogP contribution in [0.15, 0.2) is 66.2 Å². The molecule has 4 aromatic rings. The zero-order valence-corrected chi connectivity index (χ0v) is 20.7. The van der Waals surface area contributed by atoms with Crippen LogP contribution in [0.3, 0.4) is 0 Å². The minimum Gasteiger partial charge on any atom is -0.462 e. The van der Waals surface area contributed by atoms with Crippen molar-refractivity contribution in [3.05, 3.63) is 94.6 Å². The van der Waals surface area contributed by atoms with E-state index in [0.29, 0.717) is 49.5 Å². The van der Waals surface area contributed by atoms with Crippen LogP contribution in [0.2, 0.25) is 0 Å². The largest absolute Gasteiger partial charge is 0.462 e. The first kappa shape index (κ1) is 23.8. The second-order valence-corrected chi connectivity index (χ2v) is 9.45. The molecule has 2 saturated heterocycles. The zero-order chi connectivity index (χ0) is 25.2. The Morgan fingerprint density at radius 2 is 0.865 bits per heavy atom. The van der Waals surface area contributed by atoms with Gasteiger partial charge in [-0.05, 0) is 86.7 Å². The summed E-state index contributed by atoms with van der Waals surface area (Å²) in [5.74, 6) is 5.87. The summed E-state index contributed by atoms with van der Waals surface area (Å²) in [6.45, 7) is 5.53. The van der Waals surface area contributed by atoms with Gasteiger partial charge in [0, 0.05) is 0 Å². The summed E-state index contributed by atoms with van der Waals surface area (Å²) >= 11 is 0. The van der Waals surface area contributed by atoms with E-state index < -0.39 is 12.6 Å². The number of furan rings is 4. The van der Waals surface area contributed by atoms with E-state index in [1.165, 1.54) is 0 Å². The molecule has 1 spiro atoms. The molecule has 2 aliphatic heterocycles. The highest BCUT2D eigenvalue weighted by molar-refractivity contribution is 5.65. The summed E-state index contributed by atoms with van der Waals surface area (Å²) in [4.78, 5) is 0. The molecule has 8 nitrogen and oxygen atoms in total. The van der Waals surface area contributed by atoms with E-state index in [4.69, 9.17) is 36.6 Å². The van der Waals surface area contributed by atoms with Crippen LogP contribution in [0.5, 0.6) is 0 Å². The van der Waals surface area contributed by atoms with Crippen molar-refractivity contribution in [2.45, 2.75) is 26.4 Å². The normalized spacial score (nSPS) is 24.6. The molecule has 2 aliphatic rings. The van der Waals surface area contributed by atoms with Crippen molar-refractivity contribution >= 4 is 24.3 Å². The lowest BCUT2D eigenvalue weighted by Gasteiger charge is -2.42. The van der Waals surface area contributed by atoms with Crippen molar-refractivity contribution in [3.63, 3.8) is 0 Å². The van der Waals surface area contributed by atoms with E-state index >= 15 is 0 Å². The minimum atomic E-state index is -0.575. The quantitative estimate of drug-likeness (QED) is 0.283. The molecule has 0 N–H and O–H groups in total. The van der Waals surface area contributed by atoms with Gasteiger partial charge in [0.25, 0.3) is 0 Å². The van der Waals surface area contributed by atoms with Gasteiger partial charge in [0.15, 0.2) is 11.5 Å². The summed E-state index contributed by atoms with van der Waals surface area (Å²) in [7, 11) is 0. The first-order valence-electron chi connectivity index (χ1n) is 12.2. The maximum atomic E-state index is 6.00.